The monoisotopic (exact) mass is 240 g/mol. The summed E-state index contributed by atoms with van der Waals surface area (Å²) in [7, 11) is 0. The van der Waals surface area contributed by atoms with Gasteiger partial charge in [-0.25, -0.2) is 10.9 Å². The minimum absolute atomic E-state index is 0.0125. The lowest BCUT2D eigenvalue weighted by Crippen LogP contribution is -2.76. The van der Waals surface area contributed by atoms with Gasteiger partial charge in [0, 0.05) is 6.54 Å². The van der Waals surface area contributed by atoms with Gasteiger partial charge in [-0.3, -0.25) is 5.32 Å². The number of nitrogens with one attached hydrogen (secondary N) is 3. The first-order valence-corrected chi connectivity index (χ1v) is 7.13. The number of fused-ring (bicyclic) bond motifs is 2. The minimum Gasteiger partial charge on any atom is -0.284 e. The molecule has 2 saturated heterocycles. The van der Waals surface area contributed by atoms with Gasteiger partial charge in [-0.05, 0) is 31.6 Å². The fraction of sp³-hybridized carbons (Fsp3) is 1.00. The van der Waals surface area contributed by atoms with Crippen LogP contribution < -0.4 is 16.2 Å². The standard InChI is InChI=1S/C13H28N4/c1-4-8-12(2)9-6-5-7-10-17-15-11-14-13(12,3)16-17/h14-16H,4-11H2,1-3H3. The molecule has 0 aromatic heterocycles. The fourth-order valence-corrected chi connectivity index (χ4v) is 3.28. The Bertz CT molecular complexity index is 252. The smallest absolute Gasteiger partial charge is 0.0868 e. The first-order valence-electron chi connectivity index (χ1n) is 7.13. The molecule has 3 N–H and O–H groups in total. The third-order valence-electron chi connectivity index (χ3n) is 4.69. The zero-order chi connectivity index (χ0) is 12.4. The molecule has 2 fully saturated rings. The predicted molar refractivity (Wildman–Crippen MR) is 70.9 cm³/mol. The summed E-state index contributed by atoms with van der Waals surface area (Å²) in [5.41, 5.74) is 7.36. The second kappa shape index (κ2) is 5.22. The highest BCUT2D eigenvalue weighted by atomic mass is 15.8. The van der Waals surface area contributed by atoms with Crippen molar-refractivity contribution in [3.8, 4) is 0 Å². The highest BCUT2D eigenvalue weighted by Crippen LogP contribution is 2.40. The highest BCUT2D eigenvalue weighted by Gasteiger charge is 2.46. The number of nitrogens with zero attached hydrogens (tertiary/aromatic N) is 1. The maximum Gasteiger partial charge on any atom is 0.0868 e. The van der Waals surface area contributed by atoms with E-state index in [4.69, 9.17) is 0 Å². The lowest BCUT2D eigenvalue weighted by Gasteiger charge is -2.52. The van der Waals surface area contributed by atoms with Gasteiger partial charge in [0.15, 0.2) is 0 Å². The van der Waals surface area contributed by atoms with Crippen LogP contribution in [0, 0.1) is 5.41 Å². The van der Waals surface area contributed by atoms with Crippen molar-refractivity contribution >= 4 is 0 Å². The van der Waals surface area contributed by atoms with Crippen LogP contribution in [-0.2, 0) is 0 Å². The molecule has 0 spiro atoms. The van der Waals surface area contributed by atoms with Crippen molar-refractivity contribution in [1.82, 2.24) is 21.3 Å². The van der Waals surface area contributed by atoms with Crippen molar-refractivity contribution in [2.45, 2.75) is 65.0 Å². The van der Waals surface area contributed by atoms with Gasteiger partial charge < -0.3 is 0 Å². The molecule has 0 aliphatic carbocycles. The SMILES string of the molecule is CCCC1(C)CCCCCN2NCNC1(C)N2. The summed E-state index contributed by atoms with van der Waals surface area (Å²) in [5.74, 6) is 0. The van der Waals surface area contributed by atoms with Crippen LogP contribution in [0.15, 0.2) is 0 Å². The summed E-state index contributed by atoms with van der Waals surface area (Å²) in [5, 5.41) is 5.82. The number of hydrogen-bond donors (Lipinski definition) is 3. The van der Waals surface area contributed by atoms with Crippen LogP contribution in [0.3, 0.4) is 0 Å². The van der Waals surface area contributed by atoms with E-state index < -0.39 is 0 Å². The predicted octanol–water partition coefficient (Wildman–Crippen LogP) is 1.95. The normalized spacial score (nSPS) is 43.6. The van der Waals surface area contributed by atoms with E-state index in [0.717, 1.165) is 13.2 Å². The topological polar surface area (TPSA) is 39.3 Å². The van der Waals surface area contributed by atoms with Crippen LogP contribution in [0.1, 0.15) is 59.3 Å². The van der Waals surface area contributed by atoms with Gasteiger partial charge in [-0.2, -0.15) is 5.12 Å². The molecule has 2 aliphatic heterocycles. The maximum absolute atomic E-state index is 3.66. The van der Waals surface area contributed by atoms with Crippen LogP contribution in [0.25, 0.3) is 0 Å². The molecule has 0 radical (unpaired) electrons. The molecule has 100 valence electrons. The average molecular weight is 240 g/mol. The van der Waals surface area contributed by atoms with Gasteiger partial charge in [0.1, 0.15) is 0 Å². The molecule has 2 rings (SSSR count). The molecule has 2 aliphatic rings. The van der Waals surface area contributed by atoms with Crippen molar-refractivity contribution in [3.63, 3.8) is 0 Å². The highest BCUT2D eigenvalue weighted by molar-refractivity contribution is 4.98. The second-order valence-corrected chi connectivity index (χ2v) is 6.02. The zero-order valence-corrected chi connectivity index (χ0v) is 11.6. The number of hydrazine groups is 2. The van der Waals surface area contributed by atoms with E-state index in [9.17, 15) is 0 Å². The average Bonchev–Trinajstić information content (AvgIpc) is 2.31. The van der Waals surface area contributed by atoms with Crippen molar-refractivity contribution in [2.75, 3.05) is 13.2 Å². The third-order valence-corrected chi connectivity index (χ3v) is 4.69. The summed E-state index contributed by atoms with van der Waals surface area (Å²) >= 11 is 0. The van der Waals surface area contributed by atoms with E-state index >= 15 is 0 Å². The molecule has 4 nitrogen and oxygen atoms in total. The van der Waals surface area contributed by atoms with Crippen LogP contribution in [0.4, 0.5) is 0 Å². The lowest BCUT2D eigenvalue weighted by molar-refractivity contribution is -0.0730. The fourth-order valence-electron chi connectivity index (χ4n) is 3.28. The quantitative estimate of drug-likeness (QED) is 0.690. The molecule has 2 bridgehead atoms. The first kappa shape index (κ1) is 13.3. The molecule has 0 aromatic carbocycles. The van der Waals surface area contributed by atoms with E-state index in [0.29, 0.717) is 5.41 Å². The zero-order valence-electron chi connectivity index (χ0n) is 11.6. The minimum atomic E-state index is 0.0125. The molecular formula is C13H28N4. The van der Waals surface area contributed by atoms with E-state index in [1.54, 1.807) is 0 Å². The van der Waals surface area contributed by atoms with E-state index in [1.165, 1.54) is 38.5 Å². The van der Waals surface area contributed by atoms with Crippen LogP contribution in [-0.4, -0.2) is 24.0 Å². The Kier molecular flexibility index (Phi) is 4.08. The Morgan fingerprint density at radius 1 is 1.18 bits per heavy atom. The Morgan fingerprint density at radius 3 is 2.76 bits per heavy atom. The van der Waals surface area contributed by atoms with Crippen LogP contribution >= 0.6 is 0 Å². The van der Waals surface area contributed by atoms with Crippen molar-refractivity contribution in [1.29, 1.82) is 0 Å². The van der Waals surface area contributed by atoms with Gasteiger partial charge in [0.05, 0.1) is 12.3 Å². The molecule has 17 heavy (non-hydrogen) atoms. The third kappa shape index (κ3) is 2.65. The molecule has 3 unspecified atom stereocenters. The second-order valence-electron chi connectivity index (χ2n) is 6.02. The molecule has 0 aromatic rings. The molecule has 3 atom stereocenters. The van der Waals surface area contributed by atoms with Crippen molar-refractivity contribution in [3.05, 3.63) is 0 Å². The largest absolute Gasteiger partial charge is 0.284 e. The number of rotatable bonds is 2. The van der Waals surface area contributed by atoms with Gasteiger partial charge in [0.25, 0.3) is 0 Å². The van der Waals surface area contributed by atoms with Gasteiger partial charge in [0.2, 0.25) is 0 Å². The van der Waals surface area contributed by atoms with Gasteiger partial charge in [-0.15, -0.1) is 0 Å². The molecular weight excluding hydrogens is 212 g/mol. The van der Waals surface area contributed by atoms with Crippen molar-refractivity contribution < 1.29 is 0 Å². The summed E-state index contributed by atoms with van der Waals surface area (Å²) in [6.45, 7) is 9.01. The summed E-state index contributed by atoms with van der Waals surface area (Å²) in [4.78, 5) is 0. The Labute approximate surface area is 105 Å². The first-order chi connectivity index (χ1) is 8.10. The molecule has 0 amide bonds. The molecule has 4 heteroatoms. The summed E-state index contributed by atoms with van der Waals surface area (Å²) in [6, 6.07) is 0. The Balaban J connectivity index is 2.20. The Hall–Kier alpha value is -0.160. The van der Waals surface area contributed by atoms with Gasteiger partial charge in [-0.1, -0.05) is 33.1 Å². The van der Waals surface area contributed by atoms with Crippen LogP contribution in [0.2, 0.25) is 0 Å². The van der Waals surface area contributed by atoms with Crippen molar-refractivity contribution in [2.24, 2.45) is 5.41 Å². The summed E-state index contributed by atoms with van der Waals surface area (Å²) in [6.07, 6.45) is 7.81. The molecule has 2 heterocycles. The van der Waals surface area contributed by atoms with Gasteiger partial charge >= 0.3 is 0 Å². The lowest BCUT2D eigenvalue weighted by atomic mass is 9.71. The number of hydrogen-bond acceptors (Lipinski definition) is 4. The van der Waals surface area contributed by atoms with E-state index in [2.05, 4.69) is 42.1 Å². The van der Waals surface area contributed by atoms with Crippen LogP contribution in [0.5, 0.6) is 0 Å². The summed E-state index contributed by atoms with van der Waals surface area (Å²) < 4.78 is 0. The Morgan fingerprint density at radius 2 is 2.00 bits per heavy atom. The molecule has 0 saturated carbocycles. The maximum atomic E-state index is 3.66. The van der Waals surface area contributed by atoms with E-state index in [1.807, 2.05) is 0 Å². The van der Waals surface area contributed by atoms with E-state index in [-0.39, 0.29) is 5.66 Å².